The normalized spacial score (nSPS) is 21.2. The molecule has 248 valence electrons. The molecule has 1 aliphatic carbocycles. The molecule has 1 spiro atoms. The van der Waals surface area contributed by atoms with E-state index in [2.05, 4.69) is 15.4 Å². The predicted octanol–water partition coefficient (Wildman–Crippen LogP) is 5.16. The van der Waals surface area contributed by atoms with Crippen molar-refractivity contribution in [3.05, 3.63) is 41.1 Å². The van der Waals surface area contributed by atoms with Gasteiger partial charge in [-0.3, -0.25) is 9.59 Å². The van der Waals surface area contributed by atoms with E-state index in [1.165, 1.54) is 6.07 Å². The number of hydrogen-bond donors (Lipinski definition) is 3. The monoisotopic (exact) mass is 652 g/mol. The number of amides is 2. The van der Waals surface area contributed by atoms with Crippen molar-refractivity contribution >= 4 is 21.8 Å². The molecule has 3 heterocycles. The average molecular weight is 653 g/mol. The zero-order chi connectivity index (χ0) is 32.8. The van der Waals surface area contributed by atoms with Crippen molar-refractivity contribution in [2.75, 3.05) is 19.8 Å². The number of benzene rings is 1. The SMILES string of the molecule is Cc1c(C(=O)NC2CNC(=O)C23CCOCC3)cc(-c2ccc(S(=O)(=O)NC(C)(C)C)c(C(F)(F)F)c2)n1CC1CCCCC1. The lowest BCUT2D eigenvalue weighted by atomic mass is 9.75. The molecule has 2 saturated heterocycles. The van der Waals surface area contributed by atoms with Crippen LogP contribution in [0.4, 0.5) is 13.2 Å². The average Bonchev–Trinajstić information content (AvgIpc) is 3.43. The highest BCUT2D eigenvalue weighted by molar-refractivity contribution is 7.89. The summed E-state index contributed by atoms with van der Waals surface area (Å²) in [6, 6.07) is 4.36. The van der Waals surface area contributed by atoms with Crippen LogP contribution in [-0.4, -0.2) is 56.1 Å². The smallest absolute Gasteiger partial charge is 0.381 e. The van der Waals surface area contributed by atoms with Crippen LogP contribution in [0, 0.1) is 18.3 Å². The minimum atomic E-state index is -4.95. The predicted molar refractivity (Wildman–Crippen MR) is 163 cm³/mol. The fourth-order valence-corrected chi connectivity index (χ4v) is 8.67. The molecule has 1 aromatic carbocycles. The first-order chi connectivity index (χ1) is 21.0. The molecule has 0 radical (unpaired) electrons. The number of halogens is 3. The van der Waals surface area contributed by atoms with Gasteiger partial charge in [0, 0.05) is 43.2 Å². The van der Waals surface area contributed by atoms with E-state index < -0.39 is 49.6 Å². The molecule has 9 nitrogen and oxygen atoms in total. The van der Waals surface area contributed by atoms with Gasteiger partial charge >= 0.3 is 6.18 Å². The Hall–Kier alpha value is -2.90. The molecule has 5 rings (SSSR count). The summed E-state index contributed by atoms with van der Waals surface area (Å²) in [5, 5.41) is 5.92. The number of sulfonamides is 1. The summed E-state index contributed by atoms with van der Waals surface area (Å²) < 4.78 is 79.0. The number of aromatic nitrogens is 1. The van der Waals surface area contributed by atoms with E-state index in [1.54, 1.807) is 33.8 Å². The number of rotatable bonds is 7. The van der Waals surface area contributed by atoms with Gasteiger partial charge in [-0.15, -0.1) is 0 Å². The Morgan fingerprint density at radius 2 is 1.76 bits per heavy atom. The van der Waals surface area contributed by atoms with Gasteiger partial charge in [0.15, 0.2) is 0 Å². The highest BCUT2D eigenvalue weighted by atomic mass is 32.2. The Balaban J connectivity index is 1.56. The second-order valence-electron chi connectivity index (χ2n) is 13.7. The first kappa shape index (κ1) is 33.5. The zero-order valence-corrected chi connectivity index (χ0v) is 27.1. The van der Waals surface area contributed by atoms with E-state index in [1.807, 2.05) is 4.57 Å². The minimum Gasteiger partial charge on any atom is -0.381 e. The van der Waals surface area contributed by atoms with Crippen molar-refractivity contribution in [1.29, 1.82) is 0 Å². The molecule has 3 N–H and O–H groups in total. The van der Waals surface area contributed by atoms with Crippen molar-refractivity contribution in [1.82, 2.24) is 19.9 Å². The third kappa shape index (κ3) is 6.95. The van der Waals surface area contributed by atoms with Crippen molar-refractivity contribution in [3.8, 4) is 11.3 Å². The standard InChI is InChI=1S/C32H43F3N4O5S/c1-20-23(28(40)37-27-18-36-29(41)31(27)12-14-44-15-13-31)17-25(39(20)19-21-8-6-5-7-9-21)22-10-11-26(24(16-22)32(33,34)35)45(42,43)38-30(2,3)4/h10-11,16-17,21,27,38H,5-9,12-15,18-19H2,1-4H3,(H,36,41)(H,37,40). The van der Waals surface area contributed by atoms with E-state index in [4.69, 9.17) is 4.74 Å². The van der Waals surface area contributed by atoms with Crippen molar-refractivity contribution in [3.63, 3.8) is 0 Å². The third-order valence-corrected chi connectivity index (χ3v) is 11.2. The topological polar surface area (TPSA) is 119 Å². The van der Waals surface area contributed by atoms with Crippen LogP contribution in [0.5, 0.6) is 0 Å². The molecule has 13 heteroatoms. The summed E-state index contributed by atoms with van der Waals surface area (Å²) in [5.74, 6) is -0.230. The Labute approximate surface area is 262 Å². The van der Waals surface area contributed by atoms with E-state index in [0.29, 0.717) is 55.5 Å². The first-order valence-corrected chi connectivity index (χ1v) is 17.1. The van der Waals surface area contributed by atoms with Crippen LogP contribution >= 0.6 is 0 Å². The molecule has 1 saturated carbocycles. The number of ether oxygens (including phenoxy) is 1. The molecular weight excluding hydrogens is 609 g/mol. The lowest BCUT2D eigenvalue weighted by Crippen LogP contribution is -2.51. The molecule has 2 aliphatic heterocycles. The van der Waals surface area contributed by atoms with Gasteiger partial charge in [0.05, 0.1) is 27.5 Å². The van der Waals surface area contributed by atoms with Crippen LogP contribution in [0.3, 0.4) is 0 Å². The van der Waals surface area contributed by atoms with Gasteiger partial charge in [0.25, 0.3) is 5.91 Å². The number of nitrogens with one attached hydrogen (secondary N) is 3. The molecular formula is C32H43F3N4O5S. The highest BCUT2D eigenvalue weighted by Crippen LogP contribution is 2.40. The fourth-order valence-electron chi connectivity index (χ4n) is 7.04. The maximum atomic E-state index is 14.4. The zero-order valence-electron chi connectivity index (χ0n) is 26.3. The van der Waals surface area contributed by atoms with Gasteiger partial charge in [-0.2, -0.15) is 13.2 Å². The van der Waals surface area contributed by atoms with Crippen molar-refractivity contribution < 1.29 is 35.9 Å². The molecule has 1 atom stereocenters. The minimum absolute atomic E-state index is 0.112. The third-order valence-electron chi connectivity index (χ3n) is 9.36. The summed E-state index contributed by atoms with van der Waals surface area (Å²) in [7, 11) is -4.49. The molecule has 0 bridgehead atoms. The Kier molecular flexibility index (Phi) is 9.20. The Morgan fingerprint density at radius 1 is 1.09 bits per heavy atom. The van der Waals surface area contributed by atoms with Crippen LogP contribution in [-0.2, 0) is 32.3 Å². The highest BCUT2D eigenvalue weighted by Gasteiger charge is 2.51. The van der Waals surface area contributed by atoms with E-state index in [9.17, 15) is 31.2 Å². The van der Waals surface area contributed by atoms with Gasteiger partial charge in [-0.1, -0.05) is 25.3 Å². The van der Waals surface area contributed by atoms with E-state index in [0.717, 1.165) is 44.2 Å². The fraction of sp³-hybridized carbons (Fsp3) is 0.625. The quantitative estimate of drug-likeness (QED) is 0.382. The lowest BCUT2D eigenvalue weighted by molar-refractivity contribution is -0.139. The van der Waals surface area contributed by atoms with Crippen molar-refractivity contribution in [2.45, 2.75) is 102 Å². The van der Waals surface area contributed by atoms with Gasteiger partial charge in [0.2, 0.25) is 15.9 Å². The summed E-state index contributed by atoms with van der Waals surface area (Å²) >= 11 is 0. The number of hydrogen-bond acceptors (Lipinski definition) is 5. The first-order valence-electron chi connectivity index (χ1n) is 15.6. The van der Waals surface area contributed by atoms with Crippen LogP contribution in [0.25, 0.3) is 11.3 Å². The second kappa shape index (κ2) is 12.4. The summed E-state index contributed by atoms with van der Waals surface area (Å²) in [5.41, 5.74) is -1.55. The second-order valence-corrected chi connectivity index (χ2v) is 15.4. The molecule has 1 aromatic heterocycles. The maximum absolute atomic E-state index is 14.4. The van der Waals surface area contributed by atoms with Gasteiger partial charge in [-0.25, -0.2) is 13.1 Å². The molecule has 1 unspecified atom stereocenters. The molecule has 3 aliphatic rings. The van der Waals surface area contributed by atoms with Gasteiger partial charge < -0.3 is 19.9 Å². The Bertz CT molecular complexity index is 1550. The maximum Gasteiger partial charge on any atom is 0.417 e. The Morgan fingerprint density at radius 3 is 2.38 bits per heavy atom. The van der Waals surface area contributed by atoms with Crippen LogP contribution in [0.2, 0.25) is 0 Å². The van der Waals surface area contributed by atoms with E-state index in [-0.39, 0.29) is 18.0 Å². The van der Waals surface area contributed by atoms with Crippen LogP contribution < -0.4 is 15.4 Å². The summed E-state index contributed by atoms with van der Waals surface area (Å²) in [4.78, 5) is 25.8. The molecule has 45 heavy (non-hydrogen) atoms. The number of nitrogens with zero attached hydrogens (tertiary/aromatic N) is 1. The number of carbonyl (C=O) groups excluding carboxylic acids is 2. The van der Waals surface area contributed by atoms with Crippen molar-refractivity contribution in [2.24, 2.45) is 11.3 Å². The molecule has 2 aromatic rings. The summed E-state index contributed by atoms with van der Waals surface area (Å²) in [6.45, 7) is 8.08. The van der Waals surface area contributed by atoms with Crippen LogP contribution in [0.1, 0.15) is 87.3 Å². The number of alkyl halides is 3. The van der Waals surface area contributed by atoms with E-state index >= 15 is 0 Å². The van der Waals surface area contributed by atoms with Gasteiger partial charge in [-0.05, 0) is 83.1 Å². The lowest BCUT2D eigenvalue weighted by Gasteiger charge is -2.36. The molecule has 3 fully saturated rings. The molecule has 2 amide bonds. The van der Waals surface area contributed by atoms with Gasteiger partial charge in [0.1, 0.15) is 0 Å². The summed E-state index contributed by atoms with van der Waals surface area (Å²) in [6.07, 6.45) is 1.23. The largest absolute Gasteiger partial charge is 0.417 e. The van der Waals surface area contributed by atoms with Crippen LogP contribution in [0.15, 0.2) is 29.2 Å². The number of carbonyl (C=O) groups is 2.